The van der Waals surface area contributed by atoms with Crippen LogP contribution in [0.1, 0.15) is 62.8 Å². The van der Waals surface area contributed by atoms with E-state index in [1.54, 1.807) is 0 Å². The van der Waals surface area contributed by atoms with Crippen molar-refractivity contribution in [1.82, 2.24) is 0 Å². The highest BCUT2D eigenvalue weighted by atomic mass is 16.3. The Morgan fingerprint density at radius 1 is 1.18 bits per heavy atom. The van der Waals surface area contributed by atoms with Gasteiger partial charge in [0.2, 0.25) is 0 Å². The second-order valence-corrected chi connectivity index (χ2v) is 5.12. The van der Waals surface area contributed by atoms with Crippen LogP contribution in [0.15, 0.2) is 18.2 Å². The molecule has 0 aliphatic heterocycles. The molecule has 0 bridgehead atoms. The average Bonchev–Trinajstić information content (AvgIpc) is 2.28. The summed E-state index contributed by atoms with van der Waals surface area (Å²) in [4.78, 5) is 0. The van der Waals surface area contributed by atoms with Crippen molar-refractivity contribution in [3.8, 4) is 0 Å². The maximum atomic E-state index is 9.86. The zero-order chi connectivity index (χ0) is 13.0. The molecule has 2 atom stereocenters. The molecule has 1 rings (SSSR count). The van der Waals surface area contributed by atoms with Gasteiger partial charge < -0.3 is 10.8 Å². The Kier molecular flexibility index (Phi) is 5.16. The van der Waals surface area contributed by atoms with Crippen LogP contribution in [0.25, 0.3) is 0 Å². The first-order chi connectivity index (χ1) is 7.97. The summed E-state index contributed by atoms with van der Waals surface area (Å²) < 4.78 is 0. The molecule has 3 N–H and O–H groups in total. The fourth-order valence-corrected chi connectivity index (χ4v) is 2.20. The number of hydrogen-bond acceptors (Lipinski definition) is 2. The molecule has 0 heterocycles. The standard InChI is InChI=1S/C15H25NO/c1-5-12(16)9-15-13(10(2)3)7-6-8-14(15)11(4)17/h6-8,10-12,17H,5,9,16H2,1-4H3/t11?,12-/m0/s1. The van der Waals surface area contributed by atoms with E-state index in [4.69, 9.17) is 5.73 Å². The Balaban J connectivity index is 3.18. The van der Waals surface area contributed by atoms with Crippen LogP contribution in [0.4, 0.5) is 0 Å². The first-order valence-electron chi connectivity index (χ1n) is 6.52. The maximum Gasteiger partial charge on any atom is 0.0764 e. The number of rotatable bonds is 5. The smallest absolute Gasteiger partial charge is 0.0764 e. The Hall–Kier alpha value is -0.860. The number of aliphatic hydroxyl groups excluding tert-OH is 1. The van der Waals surface area contributed by atoms with Gasteiger partial charge in [-0.05, 0) is 42.4 Å². The summed E-state index contributed by atoms with van der Waals surface area (Å²) in [6, 6.07) is 6.35. The number of benzene rings is 1. The van der Waals surface area contributed by atoms with Crippen LogP contribution in [0.5, 0.6) is 0 Å². The Morgan fingerprint density at radius 2 is 1.76 bits per heavy atom. The summed E-state index contributed by atoms with van der Waals surface area (Å²) in [5, 5.41) is 9.86. The normalized spacial score (nSPS) is 15.0. The topological polar surface area (TPSA) is 46.2 Å². The zero-order valence-electron chi connectivity index (χ0n) is 11.4. The molecule has 17 heavy (non-hydrogen) atoms. The molecule has 0 saturated carbocycles. The van der Waals surface area contributed by atoms with Crippen molar-refractivity contribution in [3.05, 3.63) is 34.9 Å². The predicted octanol–water partition coefficient (Wildman–Crippen LogP) is 3.14. The minimum Gasteiger partial charge on any atom is -0.389 e. The van der Waals surface area contributed by atoms with Crippen molar-refractivity contribution in [2.75, 3.05) is 0 Å². The fraction of sp³-hybridized carbons (Fsp3) is 0.600. The van der Waals surface area contributed by atoms with Crippen molar-refractivity contribution >= 4 is 0 Å². The van der Waals surface area contributed by atoms with Gasteiger partial charge in [-0.15, -0.1) is 0 Å². The molecule has 1 aromatic rings. The van der Waals surface area contributed by atoms with Crippen LogP contribution in [0, 0.1) is 0 Å². The highest BCUT2D eigenvalue weighted by Gasteiger charge is 2.16. The van der Waals surface area contributed by atoms with Gasteiger partial charge >= 0.3 is 0 Å². The van der Waals surface area contributed by atoms with E-state index < -0.39 is 6.10 Å². The summed E-state index contributed by atoms with van der Waals surface area (Å²) in [5.74, 6) is 0.466. The number of aliphatic hydroxyl groups is 1. The Bertz CT molecular complexity index is 332. The molecule has 0 spiro atoms. The second kappa shape index (κ2) is 6.18. The van der Waals surface area contributed by atoms with Gasteiger partial charge in [0.15, 0.2) is 0 Å². The van der Waals surface area contributed by atoms with Crippen LogP contribution >= 0.6 is 0 Å². The minimum absolute atomic E-state index is 0.174. The second-order valence-electron chi connectivity index (χ2n) is 5.12. The number of nitrogens with two attached hydrogens (primary N) is 1. The highest BCUT2D eigenvalue weighted by Crippen LogP contribution is 2.27. The SMILES string of the molecule is CC[C@H](N)Cc1c(C(C)C)cccc1C(C)O. The molecule has 1 unspecified atom stereocenters. The molecule has 0 saturated heterocycles. The Morgan fingerprint density at radius 3 is 2.24 bits per heavy atom. The third kappa shape index (κ3) is 3.55. The van der Waals surface area contributed by atoms with Gasteiger partial charge in [0.1, 0.15) is 0 Å². The van der Waals surface area contributed by atoms with Gasteiger partial charge in [-0.1, -0.05) is 39.0 Å². The third-order valence-electron chi connectivity index (χ3n) is 3.31. The predicted molar refractivity (Wildman–Crippen MR) is 73.1 cm³/mol. The van der Waals surface area contributed by atoms with E-state index in [-0.39, 0.29) is 6.04 Å². The molecule has 96 valence electrons. The molecule has 0 aliphatic carbocycles. The molecule has 0 aliphatic rings. The zero-order valence-corrected chi connectivity index (χ0v) is 11.4. The van der Waals surface area contributed by atoms with E-state index >= 15 is 0 Å². The van der Waals surface area contributed by atoms with Gasteiger partial charge in [-0.3, -0.25) is 0 Å². The van der Waals surface area contributed by atoms with Crippen LogP contribution in [-0.4, -0.2) is 11.1 Å². The van der Waals surface area contributed by atoms with Crippen LogP contribution in [0.2, 0.25) is 0 Å². The van der Waals surface area contributed by atoms with E-state index in [0.29, 0.717) is 5.92 Å². The summed E-state index contributed by atoms with van der Waals surface area (Å²) in [6.45, 7) is 8.29. The molecule has 0 radical (unpaired) electrons. The molecule has 2 nitrogen and oxygen atoms in total. The quantitative estimate of drug-likeness (QED) is 0.823. The van der Waals surface area contributed by atoms with Crippen molar-refractivity contribution in [1.29, 1.82) is 0 Å². The minimum atomic E-state index is -0.423. The van der Waals surface area contributed by atoms with Gasteiger partial charge in [0, 0.05) is 6.04 Å². The van der Waals surface area contributed by atoms with Gasteiger partial charge in [0.25, 0.3) is 0 Å². The lowest BCUT2D eigenvalue weighted by molar-refractivity contribution is 0.198. The maximum absolute atomic E-state index is 9.86. The van der Waals surface area contributed by atoms with E-state index in [2.05, 4.69) is 26.8 Å². The third-order valence-corrected chi connectivity index (χ3v) is 3.31. The molecule has 1 aromatic carbocycles. The lowest BCUT2D eigenvalue weighted by atomic mass is 9.87. The summed E-state index contributed by atoms with van der Waals surface area (Å²) in [6.07, 6.45) is 1.39. The lowest BCUT2D eigenvalue weighted by Crippen LogP contribution is -2.23. The first kappa shape index (κ1) is 14.2. The highest BCUT2D eigenvalue weighted by molar-refractivity contribution is 5.39. The lowest BCUT2D eigenvalue weighted by Gasteiger charge is -2.21. The van der Waals surface area contributed by atoms with E-state index in [9.17, 15) is 5.11 Å². The molecule has 0 fully saturated rings. The summed E-state index contributed by atoms with van der Waals surface area (Å²) >= 11 is 0. The van der Waals surface area contributed by atoms with E-state index in [1.165, 1.54) is 11.1 Å². The average molecular weight is 235 g/mol. The Labute approximate surface area is 105 Å². The van der Waals surface area contributed by atoms with E-state index in [1.807, 2.05) is 19.1 Å². The van der Waals surface area contributed by atoms with Crippen molar-refractivity contribution in [2.45, 2.75) is 58.6 Å². The van der Waals surface area contributed by atoms with Crippen LogP contribution in [-0.2, 0) is 6.42 Å². The molecular formula is C15H25NO. The number of hydrogen-bond donors (Lipinski definition) is 2. The van der Waals surface area contributed by atoms with Gasteiger partial charge in [-0.25, -0.2) is 0 Å². The largest absolute Gasteiger partial charge is 0.389 e. The molecule has 0 amide bonds. The van der Waals surface area contributed by atoms with E-state index in [0.717, 1.165) is 18.4 Å². The van der Waals surface area contributed by atoms with Crippen molar-refractivity contribution < 1.29 is 5.11 Å². The molecular weight excluding hydrogens is 210 g/mol. The molecule has 2 heteroatoms. The monoisotopic (exact) mass is 235 g/mol. The molecule has 0 aromatic heterocycles. The first-order valence-corrected chi connectivity index (χ1v) is 6.52. The van der Waals surface area contributed by atoms with Gasteiger partial charge in [-0.2, -0.15) is 0 Å². The fourth-order valence-electron chi connectivity index (χ4n) is 2.20. The van der Waals surface area contributed by atoms with Crippen LogP contribution in [0.3, 0.4) is 0 Å². The summed E-state index contributed by atoms with van der Waals surface area (Å²) in [5.41, 5.74) is 9.64. The summed E-state index contributed by atoms with van der Waals surface area (Å²) in [7, 11) is 0. The van der Waals surface area contributed by atoms with Crippen molar-refractivity contribution in [3.63, 3.8) is 0 Å². The van der Waals surface area contributed by atoms with Gasteiger partial charge in [0.05, 0.1) is 6.10 Å². The van der Waals surface area contributed by atoms with Crippen molar-refractivity contribution in [2.24, 2.45) is 5.73 Å². The van der Waals surface area contributed by atoms with Crippen LogP contribution < -0.4 is 5.73 Å².